The molecule has 6 nitrogen and oxygen atoms in total. The molecule has 0 atom stereocenters. The van der Waals surface area contributed by atoms with Crippen LogP contribution in [0.4, 0.5) is 0 Å². The van der Waals surface area contributed by atoms with Crippen molar-refractivity contribution in [3.63, 3.8) is 0 Å². The van der Waals surface area contributed by atoms with Gasteiger partial charge in [0.15, 0.2) is 0 Å². The van der Waals surface area contributed by atoms with E-state index in [1.165, 1.54) is 51.4 Å². The fourth-order valence-electron chi connectivity index (χ4n) is 4.77. The lowest BCUT2D eigenvalue weighted by molar-refractivity contribution is -0.138. The van der Waals surface area contributed by atoms with Crippen LogP contribution in [0.2, 0.25) is 0 Å². The van der Waals surface area contributed by atoms with E-state index >= 15 is 0 Å². The maximum Gasteiger partial charge on any atom is 0.234 e. The van der Waals surface area contributed by atoms with Gasteiger partial charge in [-0.05, 0) is 32.1 Å². The van der Waals surface area contributed by atoms with Crippen LogP contribution in [0.3, 0.4) is 0 Å². The summed E-state index contributed by atoms with van der Waals surface area (Å²) in [6.45, 7) is 5.00. The molecule has 6 heteroatoms. The number of amides is 2. The van der Waals surface area contributed by atoms with Gasteiger partial charge in [-0.1, -0.05) is 38.5 Å². The van der Waals surface area contributed by atoms with Crippen molar-refractivity contribution in [1.29, 1.82) is 0 Å². The van der Waals surface area contributed by atoms with Gasteiger partial charge in [-0.25, -0.2) is 0 Å². The Morgan fingerprint density at radius 1 is 0.857 bits per heavy atom. The number of carbonyl (C=O) groups excluding carboxylic acids is 2. The second-order valence-electron chi connectivity index (χ2n) is 8.77. The van der Waals surface area contributed by atoms with Crippen LogP contribution in [0.25, 0.3) is 0 Å². The number of rotatable bonds is 8. The van der Waals surface area contributed by atoms with E-state index in [1.807, 2.05) is 4.90 Å². The molecule has 1 aliphatic heterocycles. The highest BCUT2D eigenvalue weighted by atomic mass is 16.5. The molecule has 3 fully saturated rings. The summed E-state index contributed by atoms with van der Waals surface area (Å²) in [5.74, 6) is 0.686. The highest BCUT2D eigenvalue weighted by Gasteiger charge is 2.28. The Bertz CT molecular complexity index is 479. The van der Waals surface area contributed by atoms with Crippen LogP contribution in [-0.2, 0) is 14.3 Å². The van der Waals surface area contributed by atoms with Gasteiger partial charge in [-0.15, -0.1) is 0 Å². The summed E-state index contributed by atoms with van der Waals surface area (Å²) in [6.07, 6.45) is 13.4. The van der Waals surface area contributed by atoms with E-state index in [1.54, 1.807) is 0 Å². The van der Waals surface area contributed by atoms with Gasteiger partial charge >= 0.3 is 0 Å². The number of hydrogen-bond acceptors (Lipinski definition) is 4. The van der Waals surface area contributed by atoms with Gasteiger partial charge in [0, 0.05) is 45.2 Å². The van der Waals surface area contributed by atoms with E-state index in [-0.39, 0.29) is 11.8 Å². The smallest absolute Gasteiger partial charge is 0.234 e. The number of carbonyl (C=O) groups is 2. The first kappa shape index (κ1) is 21.6. The first-order valence-corrected chi connectivity index (χ1v) is 11.6. The molecule has 0 aromatic heterocycles. The van der Waals surface area contributed by atoms with Crippen molar-refractivity contribution in [2.24, 2.45) is 5.92 Å². The summed E-state index contributed by atoms with van der Waals surface area (Å²) in [5, 5.41) is 3.01. The zero-order valence-electron chi connectivity index (χ0n) is 17.5. The lowest BCUT2D eigenvalue weighted by Crippen LogP contribution is -2.52. The molecule has 160 valence electrons. The van der Waals surface area contributed by atoms with Crippen molar-refractivity contribution >= 4 is 11.8 Å². The molecule has 0 radical (unpaired) electrons. The molecule has 2 aliphatic carbocycles. The summed E-state index contributed by atoms with van der Waals surface area (Å²) in [6, 6.07) is 0. The Balaban J connectivity index is 1.23. The average Bonchev–Trinajstić information content (AvgIpc) is 2.75. The third-order valence-corrected chi connectivity index (χ3v) is 6.55. The topological polar surface area (TPSA) is 61.9 Å². The molecule has 2 amide bonds. The minimum absolute atomic E-state index is 0.0877. The van der Waals surface area contributed by atoms with E-state index in [0.717, 1.165) is 52.0 Å². The number of hydrogen-bond donors (Lipinski definition) is 1. The van der Waals surface area contributed by atoms with Crippen molar-refractivity contribution in [3.05, 3.63) is 0 Å². The van der Waals surface area contributed by atoms with E-state index in [0.29, 0.717) is 25.1 Å². The molecule has 3 rings (SSSR count). The highest BCUT2D eigenvalue weighted by Crippen LogP contribution is 2.25. The molecule has 0 aromatic rings. The number of ether oxygens (including phenoxy) is 1. The van der Waals surface area contributed by atoms with Crippen molar-refractivity contribution in [1.82, 2.24) is 15.1 Å². The van der Waals surface area contributed by atoms with Gasteiger partial charge < -0.3 is 15.0 Å². The predicted molar refractivity (Wildman–Crippen MR) is 110 cm³/mol. The SMILES string of the molecule is O=C(CN1CCN(C(=O)C2CCCCC2)CC1)NCCCOC1CCCCC1. The summed E-state index contributed by atoms with van der Waals surface area (Å²) in [7, 11) is 0. The lowest BCUT2D eigenvalue weighted by atomic mass is 9.88. The van der Waals surface area contributed by atoms with Crippen molar-refractivity contribution in [2.75, 3.05) is 45.9 Å². The maximum atomic E-state index is 12.6. The van der Waals surface area contributed by atoms with Crippen LogP contribution < -0.4 is 5.32 Å². The minimum Gasteiger partial charge on any atom is -0.378 e. The monoisotopic (exact) mass is 393 g/mol. The van der Waals surface area contributed by atoms with E-state index in [2.05, 4.69) is 10.2 Å². The molecular weight excluding hydrogens is 354 g/mol. The van der Waals surface area contributed by atoms with Crippen molar-refractivity contribution < 1.29 is 14.3 Å². The quantitative estimate of drug-likeness (QED) is 0.644. The maximum absolute atomic E-state index is 12.6. The Hall–Kier alpha value is -1.14. The number of nitrogens with zero attached hydrogens (tertiary/aromatic N) is 2. The Kier molecular flexibility index (Phi) is 9.06. The van der Waals surface area contributed by atoms with Gasteiger partial charge in [0.05, 0.1) is 12.6 Å². The van der Waals surface area contributed by atoms with E-state index in [4.69, 9.17) is 4.74 Å². The van der Waals surface area contributed by atoms with Gasteiger partial charge in [-0.3, -0.25) is 14.5 Å². The van der Waals surface area contributed by atoms with Crippen LogP contribution in [0.5, 0.6) is 0 Å². The molecular formula is C22H39N3O3. The zero-order chi connectivity index (χ0) is 19.6. The molecule has 2 saturated carbocycles. The Morgan fingerprint density at radius 2 is 1.50 bits per heavy atom. The minimum atomic E-state index is 0.0877. The van der Waals surface area contributed by atoms with Crippen LogP contribution >= 0.6 is 0 Å². The molecule has 0 unspecified atom stereocenters. The van der Waals surface area contributed by atoms with Gasteiger partial charge in [0.2, 0.25) is 11.8 Å². The molecule has 3 aliphatic rings. The van der Waals surface area contributed by atoms with Gasteiger partial charge in [0.25, 0.3) is 0 Å². The summed E-state index contributed by atoms with van der Waals surface area (Å²) >= 11 is 0. The first-order valence-electron chi connectivity index (χ1n) is 11.6. The van der Waals surface area contributed by atoms with Gasteiger partial charge in [-0.2, -0.15) is 0 Å². The second kappa shape index (κ2) is 11.8. The normalized spacial score (nSPS) is 22.9. The molecule has 0 bridgehead atoms. The second-order valence-corrected chi connectivity index (χ2v) is 8.77. The van der Waals surface area contributed by atoms with Crippen LogP contribution in [0.15, 0.2) is 0 Å². The number of piperazine rings is 1. The molecule has 0 aromatic carbocycles. The van der Waals surface area contributed by atoms with Crippen molar-refractivity contribution in [2.45, 2.75) is 76.7 Å². The fourth-order valence-corrected chi connectivity index (χ4v) is 4.77. The Morgan fingerprint density at radius 3 is 2.18 bits per heavy atom. The predicted octanol–water partition coefficient (Wildman–Crippen LogP) is 2.57. The summed E-state index contributed by atoms with van der Waals surface area (Å²) in [4.78, 5) is 29.0. The first-order chi connectivity index (χ1) is 13.7. The summed E-state index contributed by atoms with van der Waals surface area (Å²) in [5.41, 5.74) is 0. The van der Waals surface area contributed by atoms with Crippen LogP contribution in [0.1, 0.15) is 70.6 Å². The van der Waals surface area contributed by atoms with E-state index < -0.39 is 0 Å². The molecule has 28 heavy (non-hydrogen) atoms. The van der Waals surface area contributed by atoms with E-state index in [9.17, 15) is 9.59 Å². The Labute approximate surface area is 170 Å². The molecule has 0 spiro atoms. The van der Waals surface area contributed by atoms with Crippen LogP contribution in [0, 0.1) is 5.92 Å². The summed E-state index contributed by atoms with van der Waals surface area (Å²) < 4.78 is 5.90. The molecule has 1 saturated heterocycles. The third-order valence-electron chi connectivity index (χ3n) is 6.55. The third kappa shape index (κ3) is 7.03. The molecule has 1 N–H and O–H groups in total. The largest absolute Gasteiger partial charge is 0.378 e. The fraction of sp³-hybridized carbons (Fsp3) is 0.909. The number of nitrogens with one attached hydrogen (secondary N) is 1. The zero-order valence-corrected chi connectivity index (χ0v) is 17.5. The standard InChI is InChI=1S/C22H39N3O3/c26-21(23-12-7-17-28-20-10-5-2-6-11-20)18-24-13-15-25(16-14-24)22(27)19-8-3-1-4-9-19/h19-20H,1-18H2,(H,23,26). The van der Waals surface area contributed by atoms with Crippen molar-refractivity contribution in [3.8, 4) is 0 Å². The molecule has 1 heterocycles. The van der Waals surface area contributed by atoms with Crippen LogP contribution in [-0.4, -0.2) is 73.6 Å². The van der Waals surface area contributed by atoms with Gasteiger partial charge in [0.1, 0.15) is 0 Å². The highest BCUT2D eigenvalue weighted by molar-refractivity contribution is 5.79. The lowest BCUT2D eigenvalue weighted by Gasteiger charge is -2.36. The average molecular weight is 394 g/mol.